The fraction of sp³-hybridized carbons (Fsp3) is 0.650. The molecule has 0 spiro atoms. The number of benzene rings is 1. The monoisotopic (exact) mass is 378 g/mol. The Kier molecular flexibility index (Phi) is 6.43. The maximum absolute atomic E-state index is 12.8. The number of aryl methyl sites for hydroxylation is 2. The number of nitrogens with zero attached hydrogens (tertiary/aromatic N) is 3. The van der Waals surface area contributed by atoms with E-state index in [0.29, 0.717) is 10.9 Å². The standard InChI is InChI=1S/C20H31ClN4O/c1-15-11-16(2)19(18(21)12-15)22-20(26)25-6-4-5-17(14-25)13-24-9-7-23(3)8-10-24/h11-12,17H,4-10,13-14H2,1-3H3,(H,22,26)/t17-/m0/s1. The van der Waals surface area contributed by atoms with Crippen molar-refractivity contribution in [3.63, 3.8) is 0 Å². The molecule has 0 bridgehead atoms. The number of hydrogen-bond donors (Lipinski definition) is 1. The summed E-state index contributed by atoms with van der Waals surface area (Å²) in [6, 6.07) is 3.92. The van der Waals surface area contributed by atoms with Crippen molar-refractivity contribution in [3.8, 4) is 0 Å². The first kappa shape index (κ1) is 19.5. The highest BCUT2D eigenvalue weighted by Gasteiger charge is 2.26. The normalized spacial score (nSPS) is 22.5. The van der Waals surface area contributed by atoms with Gasteiger partial charge in [-0.25, -0.2) is 4.79 Å². The van der Waals surface area contributed by atoms with E-state index < -0.39 is 0 Å². The number of likely N-dealkylation sites (N-methyl/N-ethyl adjacent to an activating group) is 1. The summed E-state index contributed by atoms with van der Waals surface area (Å²) in [7, 11) is 2.18. The second-order valence-electron chi connectivity index (χ2n) is 7.93. The number of anilines is 1. The van der Waals surface area contributed by atoms with Gasteiger partial charge in [-0.3, -0.25) is 0 Å². The van der Waals surface area contributed by atoms with Crippen LogP contribution in [-0.2, 0) is 0 Å². The maximum Gasteiger partial charge on any atom is 0.321 e. The van der Waals surface area contributed by atoms with Gasteiger partial charge in [0.2, 0.25) is 0 Å². The fourth-order valence-corrected chi connectivity index (χ4v) is 4.42. The minimum atomic E-state index is -0.0260. The molecule has 6 heteroatoms. The SMILES string of the molecule is Cc1cc(C)c(NC(=O)N2CCC[C@@H](CN3CCN(C)CC3)C2)c(Cl)c1. The van der Waals surface area contributed by atoms with Gasteiger partial charge in [0, 0.05) is 45.8 Å². The third-order valence-electron chi connectivity index (χ3n) is 5.58. The highest BCUT2D eigenvalue weighted by molar-refractivity contribution is 6.34. The zero-order chi connectivity index (χ0) is 18.7. The predicted octanol–water partition coefficient (Wildman–Crippen LogP) is 3.45. The largest absolute Gasteiger partial charge is 0.324 e. The van der Waals surface area contributed by atoms with Crippen LogP contribution in [0.4, 0.5) is 10.5 Å². The molecule has 0 aromatic heterocycles. The van der Waals surface area contributed by atoms with E-state index in [-0.39, 0.29) is 6.03 Å². The summed E-state index contributed by atoms with van der Waals surface area (Å²) in [5, 5.41) is 3.65. The van der Waals surface area contributed by atoms with Crippen molar-refractivity contribution in [2.45, 2.75) is 26.7 Å². The first-order chi connectivity index (χ1) is 12.4. The second kappa shape index (κ2) is 8.59. The minimum Gasteiger partial charge on any atom is -0.324 e. The number of likely N-dealkylation sites (tertiary alicyclic amines) is 1. The van der Waals surface area contributed by atoms with Crippen molar-refractivity contribution in [1.82, 2.24) is 14.7 Å². The highest BCUT2D eigenvalue weighted by atomic mass is 35.5. The van der Waals surface area contributed by atoms with Gasteiger partial charge in [0.05, 0.1) is 10.7 Å². The quantitative estimate of drug-likeness (QED) is 0.875. The van der Waals surface area contributed by atoms with Gasteiger partial charge >= 0.3 is 6.03 Å². The fourth-order valence-electron chi connectivity index (χ4n) is 4.05. The van der Waals surface area contributed by atoms with E-state index in [2.05, 4.69) is 22.2 Å². The van der Waals surface area contributed by atoms with Gasteiger partial charge in [-0.2, -0.15) is 0 Å². The molecule has 2 saturated heterocycles. The number of nitrogens with one attached hydrogen (secondary N) is 1. The average molecular weight is 379 g/mol. The van der Waals surface area contributed by atoms with Crippen molar-refractivity contribution in [3.05, 3.63) is 28.3 Å². The van der Waals surface area contributed by atoms with Gasteiger partial charge in [0.1, 0.15) is 0 Å². The van der Waals surface area contributed by atoms with Crippen molar-refractivity contribution in [2.75, 3.05) is 58.2 Å². The van der Waals surface area contributed by atoms with E-state index in [4.69, 9.17) is 11.6 Å². The molecule has 2 aliphatic rings. The third kappa shape index (κ3) is 4.90. The molecule has 3 rings (SSSR count). The number of piperidine rings is 1. The van der Waals surface area contributed by atoms with Crippen LogP contribution in [0, 0.1) is 19.8 Å². The molecule has 5 nitrogen and oxygen atoms in total. The zero-order valence-electron chi connectivity index (χ0n) is 16.2. The molecule has 2 fully saturated rings. The summed E-state index contributed by atoms with van der Waals surface area (Å²) in [5.74, 6) is 0.562. The van der Waals surface area contributed by atoms with Gasteiger partial charge in [0.25, 0.3) is 0 Å². The number of carbonyl (C=O) groups is 1. The number of carbonyl (C=O) groups excluding carboxylic acids is 1. The number of hydrogen-bond acceptors (Lipinski definition) is 3. The summed E-state index contributed by atoms with van der Waals surface area (Å²) in [5.41, 5.74) is 2.86. The van der Waals surface area contributed by atoms with Crippen LogP contribution in [0.2, 0.25) is 5.02 Å². The Morgan fingerprint density at radius 1 is 1.19 bits per heavy atom. The predicted molar refractivity (Wildman–Crippen MR) is 108 cm³/mol. The molecule has 1 aromatic rings. The Balaban J connectivity index is 1.56. The Labute approximate surface area is 162 Å². The summed E-state index contributed by atoms with van der Waals surface area (Å²) in [4.78, 5) is 19.7. The summed E-state index contributed by atoms with van der Waals surface area (Å²) >= 11 is 6.34. The van der Waals surface area contributed by atoms with Crippen LogP contribution in [0.1, 0.15) is 24.0 Å². The van der Waals surface area contributed by atoms with Crippen molar-refractivity contribution in [2.24, 2.45) is 5.92 Å². The van der Waals surface area contributed by atoms with Gasteiger partial charge in [-0.1, -0.05) is 17.7 Å². The van der Waals surface area contributed by atoms with Crippen molar-refractivity contribution < 1.29 is 4.79 Å². The summed E-state index contributed by atoms with van der Waals surface area (Å²) in [6.07, 6.45) is 2.28. The topological polar surface area (TPSA) is 38.8 Å². The molecular weight excluding hydrogens is 348 g/mol. The molecule has 1 N–H and O–H groups in total. The Hall–Kier alpha value is -1.30. The van der Waals surface area contributed by atoms with E-state index in [1.165, 1.54) is 6.42 Å². The summed E-state index contributed by atoms with van der Waals surface area (Å²) < 4.78 is 0. The number of piperazine rings is 1. The van der Waals surface area contributed by atoms with Gasteiger partial charge in [0.15, 0.2) is 0 Å². The molecule has 1 atom stereocenters. The number of urea groups is 1. The Bertz CT molecular complexity index is 620. The van der Waals surface area contributed by atoms with Gasteiger partial charge in [-0.15, -0.1) is 0 Å². The number of rotatable bonds is 3. The van der Waals surface area contributed by atoms with Crippen LogP contribution < -0.4 is 5.32 Å². The average Bonchev–Trinajstić information content (AvgIpc) is 2.60. The first-order valence-electron chi connectivity index (χ1n) is 9.66. The smallest absolute Gasteiger partial charge is 0.321 e. The molecule has 26 heavy (non-hydrogen) atoms. The van der Waals surface area contributed by atoms with Crippen LogP contribution in [-0.4, -0.2) is 73.6 Å². The molecular formula is C20H31ClN4O. The van der Waals surface area contributed by atoms with Crippen LogP contribution in [0.3, 0.4) is 0 Å². The number of amides is 2. The second-order valence-corrected chi connectivity index (χ2v) is 8.33. The van der Waals surface area contributed by atoms with Gasteiger partial charge in [-0.05, 0) is 56.8 Å². The van der Waals surface area contributed by atoms with Crippen LogP contribution in [0.25, 0.3) is 0 Å². The van der Waals surface area contributed by atoms with E-state index >= 15 is 0 Å². The van der Waals surface area contributed by atoms with Crippen molar-refractivity contribution >= 4 is 23.3 Å². The highest BCUT2D eigenvalue weighted by Crippen LogP contribution is 2.28. The molecule has 1 aromatic carbocycles. The van der Waals surface area contributed by atoms with E-state index in [1.54, 1.807) is 0 Å². The van der Waals surface area contributed by atoms with Crippen LogP contribution in [0.15, 0.2) is 12.1 Å². The van der Waals surface area contributed by atoms with Crippen molar-refractivity contribution in [1.29, 1.82) is 0 Å². The van der Waals surface area contributed by atoms with E-state index in [0.717, 1.165) is 69.0 Å². The zero-order valence-corrected chi connectivity index (χ0v) is 17.0. The van der Waals surface area contributed by atoms with Crippen LogP contribution in [0.5, 0.6) is 0 Å². The lowest BCUT2D eigenvalue weighted by molar-refractivity contribution is 0.109. The lowest BCUT2D eigenvalue weighted by atomic mass is 9.97. The lowest BCUT2D eigenvalue weighted by Crippen LogP contribution is -2.49. The lowest BCUT2D eigenvalue weighted by Gasteiger charge is -2.38. The van der Waals surface area contributed by atoms with E-state index in [1.807, 2.05) is 30.9 Å². The maximum atomic E-state index is 12.8. The molecule has 144 valence electrons. The Morgan fingerprint density at radius 3 is 2.62 bits per heavy atom. The van der Waals surface area contributed by atoms with E-state index in [9.17, 15) is 4.79 Å². The number of halogens is 1. The Morgan fingerprint density at radius 2 is 1.92 bits per heavy atom. The third-order valence-corrected chi connectivity index (χ3v) is 5.88. The summed E-state index contributed by atoms with van der Waals surface area (Å²) in [6.45, 7) is 11.3. The van der Waals surface area contributed by atoms with Gasteiger partial charge < -0.3 is 20.0 Å². The molecule has 2 heterocycles. The first-order valence-corrected chi connectivity index (χ1v) is 10.0. The molecule has 2 amide bonds. The van der Waals surface area contributed by atoms with Crippen LogP contribution >= 0.6 is 11.6 Å². The molecule has 0 aliphatic carbocycles. The molecule has 0 radical (unpaired) electrons. The molecule has 0 unspecified atom stereocenters. The molecule has 0 saturated carbocycles. The minimum absolute atomic E-state index is 0.0260. The molecule has 2 aliphatic heterocycles.